The van der Waals surface area contributed by atoms with Gasteiger partial charge < -0.3 is 5.32 Å². The van der Waals surface area contributed by atoms with Gasteiger partial charge in [-0.1, -0.05) is 0 Å². The van der Waals surface area contributed by atoms with Gasteiger partial charge in [0.1, 0.15) is 5.82 Å². The van der Waals surface area contributed by atoms with E-state index in [-0.39, 0.29) is 0 Å². The Balaban J connectivity index is 2.02. The first-order valence-corrected chi connectivity index (χ1v) is 6.06. The van der Waals surface area contributed by atoms with Crippen molar-refractivity contribution in [3.05, 3.63) is 39.5 Å². The van der Waals surface area contributed by atoms with E-state index in [1.165, 1.54) is 9.75 Å². The van der Waals surface area contributed by atoms with Crippen LogP contribution in [0.15, 0.2) is 18.3 Å². The predicted molar refractivity (Wildman–Crippen MR) is 67.9 cm³/mol. The van der Waals surface area contributed by atoms with Crippen molar-refractivity contribution in [2.75, 3.05) is 5.32 Å². The van der Waals surface area contributed by atoms with Gasteiger partial charge in [0.15, 0.2) is 0 Å². The third-order valence-corrected chi connectivity index (χ3v) is 3.43. The van der Waals surface area contributed by atoms with Gasteiger partial charge in [-0.15, -0.1) is 11.3 Å². The van der Waals surface area contributed by atoms with E-state index in [1.807, 2.05) is 13.8 Å². The maximum Gasteiger partial charge on any atom is 0.145 e. The number of rotatable bonds is 3. The number of aromatic nitrogens is 2. The van der Waals surface area contributed by atoms with Gasteiger partial charge in [-0.05, 0) is 32.9 Å². The summed E-state index contributed by atoms with van der Waals surface area (Å²) in [6, 6.07) is 4.27. The lowest BCUT2D eigenvalue weighted by Crippen LogP contribution is -2.02. The normalized spacial score (nSPS) is 10.4. The van der Waals surface area contributed by atoms with E-state index in [0.717, 1.165) is 23.8 Å². The first-order valence-electron chi connectivity index (χ1n) is 5.24. The van der Waals surface area contributed by atoms with Crippen molar-refractivity contribution in [1.29, 1.82) is 0 Å². The smallest absolute Gasteiger partial charge is 0.145 e. The highest BCUT2D eigenvalue weighted by molar-refractivity contribution is 7.11. The molecule has 2 aromatic rings. The van der Waals surface area contributed by atoms with Gasteiger partial charge >= 0.3 is 0 Å². The molecule has 0 spiro atoms. The van der Waals surface area contributed by atoms with Gasteiger partial charge in [0.25, 0.3) is 0 Å². The van der Waals surface area contributed by atoms with Crippen molar-refractivity contribution in [3.8, 4) is 0 Å². The molecule has 0 aliphatic rings. The van der Waals surface area contributed by atoms with Crippen molar-refractivity contribution < 1.29 is 0 Å². The minimum atomic E-state index is 0.815. The Labute approximate surface area is 99.6 Å². The van der Waals surface area contributed by atoms with Crippen LogP contribution in [0.3, 0.4) is 0 Å². The van der Waals surface area contributed by atoms with Crippen molar-refractivity contribution in [3.63, 3.8) is 0 Å². The largest absolute Gasteiger partial charge is 0.364 e. The Morgan fingerprint density at radius 3 is 2.62 bits per heavy atom. The van der Waals surface area contributed by atoms with Gasteiger partial charge in [-0.25, -0.2) is 4.98 Å². The van der Waals surface area contributed by atoms with Gasteiger partial charge in [-0.3, -0.25) is 4.98 Å². The fraction of sp³-hybridized carbons (Fsp3) is 0.333. The van der Waals surface area contributed by atoms with Gasteiger partial charge in [0, 0.05) is 9.75 Å². The quantitative estimate of drug-likeness (QED) is 0.885. The Bertz CT molecular complexity index is 491. The second kappa shape index (κ2) is 4.61. The van der Waals surface area contributed by atoms with Crippen LogP contribution in [0.2, 0.25) is 0 Å². The molecular weight excluding hydrogens is 218 g/mol. The molecule has 0 bridgehead atoms. The monoisotopic (exact) mass is 233 g/mol. The molecule has 0 fully saturated rings. The van der Waals surface area contributed by atoms with Crippen LogP contribution in [0.1, 0.15) is 21.1 Å². The van der Waals surface area contributed by atoms with E-state index < -0.39 is 0 Å². The van der Waals surface area contributed by atoms with Crippen LogP contribution in [0.4, 0.5) is 5.82 Å². The molecule has 1 N–H and O–H groups in total. The molecule has 84 valence electrons. The Hall–Kier alpha value is -1.42. The van der Waals surface area contributed by atoms with Crippen molar-refractivity contribution in [2.24, 2.45) is 0 Å². The standard InChI is InChI=1S/C12H15N3S/c1-8-4-5-11(16-8)6-14-12-7-13-9(2)10(3)15-12/h4-5,7H,6H2,1-3H3,(H,14,15). The molecule has 0 aliphatic heterocycles. The average molecular weight is 233 g/mol. The molecule has 0 atom stereocenters. The minimum absolute atomic E-state index is 0.815. The number of hydrogen-bond donors (Lipinski definition) is 1. The molecule has 0 aliphatic carbocycles. The summed E-state index contributed by atoms with van der Waals surface area (Å²) in [7, 11) is 0. The summed E-state index contributed by atoms with van der Waals surface area (Å²) in [6.07, 6.45) is 1.78. The highest BCUT2D eigenvalue weighted by atomic mass is 32.1. The fourth-order valence-electron chi connectivity index (χ4n) is 1.38. The maximum absolute atomic E-state index is 4.43. The molecule has 0 saturated carbocycles. The molecule has 3 nitrogen and oxygen atoms in total. The Kier molecular flexibility index (Phi) is 3.19. The maximum atomic E-state index is 4.43. The van der Waals surface area contributed by atoms with E-state index in [9.17, 15) is 0 Å². The van der Waals surface area contributed by atoms with Crippen LogP contribution < -0.4 is 5.32 Å². The SMILES string of the molecule is Cc1ccc(CNc2cnc(C)c(C)n2)s1. The Morgan fingerprint density at radius 1 is 1.19 bits per heavy atom. The molecule has 0 saturated heterocycles. The summed E-state index contributed by atoms with van der Waals surface area (Å²) >= 11 is 1.80. The molecule has 0 aromatic carbocycles. The third-order valence-electron chi connectivity index (χ3n) is 2.43. The minimum Gasteiger partial charge on any atom is -0.364 e. The highest BCUT2D eigenvalue weighted by Gasteiger charge is 2.00. The number of anilines is 1. The lowest BCUT2D eigenvalue weighted by atomic mass is 10.3. The molecule has 2 rings (SSSR count). The summed E-state index contributed by atoms with van der Waals surface area (Å²) in [5, 5.41) is 3.28. The van der Waals surface area contributed by atoms with Crippen LogP contribution in [0.25, 0.3) is 0 Å². The van der Waals surface area contributed by atoms with E-state index >= 15 is 0 Å². The number of thiophene rings is 1. The molecule has 0 radical (unpaired) electrons. The topological polar surface area (TPSA) is 37.8 Å². The molecule has 0 amide bonds. The van der Waals surface area contributed by atoms with E-state index in [1.54, 1.807) is 17.5 Å². The zero-order valence-corrected chi connectivity index (χ0v) is 10.6. The summed E-state index contributed by atoms with van der Waals surface area (Å²) in [5.41, 5.74) is 1.96. The number of nitrogens with one attached hydrogen (secondary N) is 1. The fourth-order valence-corrected chi connectivity index (χ4v) is 2.21. The molecule has 2 aromatic heterocycles. The highest BCUT2D eigenvalue weighted by Crippen LogP contribution is 2.16. The second-order valence-electron chi connectivity index (χ2n) is 3.79. The second-order valence-corrected chi connectivity index (χ2v) is 5.16. The van der Waals surface area contributed by atoms with Crippen LogP contribution in [-0.2, 0) is 6.54 Å². The zero-order chi connectivity index (χ0) is 11.5. The van der Waals surface area contributed by atoms with Crippen LogP contribution in [-0.4, -0.2) is 9.97 Å². The third kappa shape index (κ3) is 2.58. The molecule has 4 heteroatoms. The molecule has 16 heavy (non-hydrogen) atoms. The van der Waals surface area contributed by atoms with E-state index in [4.69, 9.17) is 0 Å². The van der Waals surface area contributed by atoms with Gasteiger partial charge in [-0.2, -0.15) is 0 Å². The molecule has 2 heterocycles. The Morgan fingerprint density at radius 2 is 2.00 bits per heavy atom. The summed E-state index contributed by atoms with van der Waals surface area (Å²) in [5.74, 6) is 0.842. The number of nitrogens with zero attached hydrogens (tertiary/aromatic N) is 2. The van der Waals surface area contributed by atoms with Crippen LogP contribution >= 0.6 is 11.3 Å². The average Bonchev–Trinajstić information content (AvgIpc) is 2.66. The van der Waals surface area contributed by atoms with Crippen molar-refractivity contribution >= 4 is 17.2 Å². The van der Waals surface area contributed by atoms with Crippen molar-refractivity contribution in [2.45, 2.75) is 27.3 Å². The molecule has 0 unspecified atom stereocenters. The zero-order valence-electron chi connectivity index (χ0n) is 9.74. The van der Waals surface area contributed by atoms with Gasteiger partial charge in [0.2, 0.25) is 0 Å². The lowest BCUT2D eigenvalue weighted by molar-refractivity contribution is 1.02. The first kappa shape index (κ1) is 11.1. The van der Waals surface area contributed by atoms with Crippen LogP contribution in [0, 0.1) is 20.8 Å². The van der Waals surface area contributed by atoms with Gasteiger partial charge in [0.05, 0.1) is 24.1 Å². The van der Waals surface area contributed by atoms with E-state index in [2.05, 4.69) is 34.3 Å². The summed E-state index contributed by atoms with van der Waals surface area (Å²) < 4.78 is 0. The lowest BCUT2D eigenvalue weighted by Gasteiger charge is -2.05. The predicted octanol–water partition coefficient (Wildman–Crippen LogP) is 3.08. The van der Waals surface area contributed by atoms with E-state index in [0.29, 0.717) is 0 Å². The summed E-state index contributed by atoms with van der Waals surface area (Å²) in [4.78, 5) is 11.4. The summed E-state index contributed by atoms with van der Waals surface area (Å²) in [6.45, 7) is 6.87. The van der Waals surface area contributed by atoms with Crippen LogP contribution in [0.5, 0.6) is 0 Å². The number of hydrogen-bond acceptors (Lipinski definition) is 4. The first-order chi connectivity index (χ1) is 7.65. The van der Waals surface area contributed by atoms with Crippen molar-refractivity contribution in [1.82, 2.24) is 9.97 Å². The number of aryl methyl sites for hydroxylation is 3. The molecular formula is C12H15N3S.